The van der Waals surface area contributed by atoms with Crippen molar-refractivity contribution >= 4 is 17.5 Å². The number of anilines is 1. The van der Waals surface area contributed by atoms with Gasteiger partial charge in [-0.1, -0.05) is 18.2 Å². The quantitative estimate of drug-likeness (QED) is 0.856. The summed E-state index contributed by atoms with van der Waals surface area (Å²) in [6, 6.07) is 12.7. The lowest BCUT2D eigenvalue weighted by molar-refractivity contribution is -0.115. The van der Waals surface area contributed by atoms with Crippen molar-refractivity contribution < 1.29 is 18.7 Å². The second-order valence-electron chi connectivity index (χ2n) is 5.41. The number of carbonyl (C=O) groups is 2. The summed E-state index contributed by atoms with van der Waals surface area (Å²) in [6.45, 7) is 3.38. The minimum absolute atomic E-state index is 0.125. The first-order valence-electron chi connectivity index (χ1n) is 7.55. The van der Waals surface area contributed by atoms with E-state index < -0.39 is 11.7 Å². The summed E-state index contributed by atoms with van der Waals surface area (Å²) < 4.78 is 19.1. The van der Waals surface area contributed by atoms with Crippen molar-refractivity contribution in [3.05, 3.63) is 59.9 Å². The third-order valence-corrected chi connectivity index (χ3v) is 3.02. The van der Waals surface area contributed by atoms with Gasteiger partial charge in [0, 0.05) is 17.3 Å². The Kier molecular flexibility index (Phi) is 5.89. The largest absolute Gasteiger partial charge is 0.488 e. The summed E-state index contributed by atoms with van der Waals surface area (Å²) in [5.74, 6) is -1.23. The Morgan fingerprint density at radius 2 is 1.83 bits per heavy atom. The van der Waals surface area contributed by atoms with E-state index in [0.717, 1.165) is 0 Å². The van der Waals surface area contributed by atoms with Crippen LogP contribution in [0.1, 0.15) is 24.2 Å². The summed E-state index contributed by atoms with van der Waals surface area (Å²) >= 11 is 0. The number of benzene rings is 2. The zero-order valence-electron chi connectivity index (χ0n) is 13.5. The topological polar surface area (TPSA) is 67.4 Å². The highest BCUT2D eigenvalue weighted by Gasteiger charge is 2.10. The number of ether oxygens (including phenoxy) is 1. The normalized spacial score (nSPS) is 10.3. The molecule has 0 saturated heterocycles. The Bertz CT molecular complexity index is 717. The molecule has 0 aliphatic rings. The van der Waals surface area contributed by atoms with E-state index in [9.17, 15) is 14.0 Å². The van der Waals surface area contributed by atoms with Gasteiger partial charge in [-0.15, -0.1) is 0 Å². The Morgan fingerprint density at radius 3 is 2.46 bits per heavy atom. The molecule has 0 fully saturated rings. The number of amides is 2. The average Bonchev–Trinajstić information content (AvgIpc) is 2.55. The van der Waals surface area contributed by atoms with Crippen LogP contribution in [0.5, 0.6) is 5.75 Å². The Balaban J connectivity index is 1.88. The fraction of sp³-hybridized carbons (Fsp3) is 0.222. The van der Waals surface area contributed by atoms with Crippen LogP contribution in [0.4, 0.5) is 10.1 Å². The van der Waals surface area contributed by atoms with Crippen LogP contribution in [-0.4, -0.2) is 24.5 Å². The molecule has 2 rings (SSSR count). The predicted molar refractivity (Wildman–Crippen MR) is 89.6 cm³/mol. The fourth-order valence-corrected chi connectivity index (χ4v) is 1.99. The first kappa shape index (κ1) is 17.5. The molecule has 0 radical (unpaired) electrons. The van der Waals surface area contributed by atoms with Gasteiger partial charge in [-0.3, -0.25) is 9.59 Å². The molecule has 2 aromatic rings. The van der Waals surface area contributed by atoms with Crippen molar-refractivity contribution in [2.45, 2.75) is 20.0 Å². The molecule has 0 saturated carbocycles. The van der Waals surface area contributed by atoms with E-state index in [1.165, 1.54) is 18.2 Å². The molecule has 0 aromatic heterocycles. The SMILES string of the molecule is CC(C)Oc1ccc(NC(=O)CNC(=O)c2ccccc2)cc1F. The van der Waals surface area contributed by atoms with Crippen molar-refractivity contribution in [2.24, 2.45) is 0 Å². The average molecular weight is 330 g/mol. The molecule has 126 valence electrons. The zero-order valence-corrected chi connectivity index (χ0v) is 13.5. The van der Waals surface area contributed by atoms with Crippen molar-refractivity contribution in [1.82, 2.24) is 5.32 Å². The molecule has 5 nitrogen and oxygen atoms in total. The van der Waals surface area contributed by atoms with E-state index in [0.29, 0.717) is 11.3 Å². The van der Waals surface area contributed by atoms with Gasteiger partial charge in [0.15, 0.2) is 11.6 Å². The third kappa shape index (κ3) is 5.08. The molecule has 0 aliphatic carbocycles. The van der Waals surface area contributed by atoms with Crippen LogP contribution in [0.15, 0.2) is 48.5 Å². The maximum Gasteiger partial charge on any atom is 0.251 e. The van der Waals surface area contributed by atoms with Crippen LogP contribution in [0.3, 0.4) is 0 Å². The van der Waals surface area contributed by atoms with Crippen molar-refractivity contribution in [3.63, 3.8) is 0 Å². The zero-order chi connectivity index (χ0) is 17.5. The number of carbonyl (C=O) groups excluding carboxylic acids is 2. The minimum Gasteiger partial charge on any atom is -0.488 e. The molecule has 2 amide bonds. The van der Waals surface area contributed by atoms with Crippen LogP contribution >= 0.6 is 0 Å². The van der Waals surface area contributed by atoms with Gasteiger partial charge in [-0.05, 0) is 38.1 Å². The van der Waals surface area contributed by atoms with Gasteiger partial charge in [0.05, 0.1) is 12.6 Å². The standard InChI is InChI=1S/C18H19FN2O3/c1-12(2)24-16-9-8-14(10-15(16)19)21-17(22)11-20-18(23)13-6-4-3-5-7-13/h3-10,12H,11H2,1-2H3,(H,20,23)(H,21,22). The summed E-state index contributed by atoms with van der Waals surface area (Å²) in [5, 5.41) is 5.02. The molecular weight excluding hydrogens is 311 g/mol. The molecule has 2 N–H and O–H groups in total. The fourth-order valence-electron chi connectivity index (χ4n) is 1.99. The summed E-state index contributed by atoms with van der Waals surface area (Å²) in [6.07, 6.45) is -0.145. The van der Waals surface area contributed by atoms with Gasteiger partial charge >= 0.3 is 0 Å². The van der Waals surface area contributed by atoms with Crippen LogP contribution < -0.4 is 15.4 Å². The second-order valence-corrected chi connectivity index (χ2v) is 5.41. The van der Waals surface area contributed by atoms with E-state index in [1.807, 2.05) is 0 Å². The Labute approximate surface area is 139 Å². The van der Waals surface area contributed by atoms with Gasteiger partial charge < -0.3 is 15.4 Å². The van der Waals surface area contributed by atoms with Crippen molar-refractivity contribution in [3.8, 4) is 5.75 Å². The predicted octanol–water partition coefficient (Wildman–Crippen LogP) is 2.98. The van der Waals surface area contributed by atoms with Crippen LogP contribution in [0.2, 0.25) is 0 Å². The molecule has 24 heavy (non-hydrogen) atoms. The number of nitrogens with one attached hydrogen (secondary N) is 2. The van der Waals surface area contributed by atoms with Gasteiger partial charge in [0.1, 0.15) is 0 Å². The number of hydrogen-bond acceptors (Lipinski definition) is 3. The van der Waals surface area contributed by atoms with E-state index in [2.05, 4.69) is 10.6 Å². The van der Waals surface area contributed by atoms with Crippen molar-refractivity contribution in [1.29, 1.82) is 0 Å². The highest BCUT2D eigenvalue weighted by atomic mass is 19.1. The van der Waals surface area contributed by atoms with E-state index >= 15 is 0 Å². The van der Waals surface area contributed by atoms with E-state index in [1.54, 1.807) is 44.2 Å². The lowest BCUT2D eigenvalue weighted by atomic mass is 10.2. The second kappa shape index (κ2) is 8.10. The number of halogens is 1. The Hall–Kier alpha value is -2.89. The van der Waals surface area contributed by atoms with E-state index in [4.69, 9.17) is 4.74 Å². The smallest absolute Gasteiger partial charge is 0.251 e. The van der Waals surface area contributed by atoms with Gasteiger partial charge in [0.2, 0.25) is 5.91 Å². The molecule has 0 atom stereocenters. The van der Waals surface area contributed by atoms with Crippen LogP contribution in [-0.2, 0) is 4.79 Å². The summed E-state index contributed by atoms with van der Waals surface area (Å²) in [5.41, 5.74) is 0.758. The van der Waals surface area contributed by atoms with Gasteiger partial charge in [-0.2, -0.15) is 0 Å². The van der Waals surface area contributed by atoms with Crippen molar-refractivity contribution in [2.75, 3.05) is 11.9 Å². The molecule has 0 bridgehead atoms. The lowest BCUT2D eigenvalue weighted by Crippen LogP contribution is -2.32. The maximum atomic E-state index is 13.9. The van der Waals surface area contributed by atoms with E-state index in [-0.39, 0.29) is 24.3 Å². The maximum absolute atomic E-state index is 13.9. The molecular formula is C18H19FN2O3. The lowest BCUT2D eigenvalue weighted by Gasteiger charge is -2.12. The first-order chi connectivity index (χ1) is 11.5. The van der Waals surface area contributed by atoms with Gasteiger partial charge in [0.25, 0.3) is 5.91 Å². The first-order valence-corrected chi connectivity index (χ1v) is 7.55. The summed E-state index contributed by atoms with van der Waals surface area (Å²) in [7, 11) is 0. The Morgan fingerprint density at radius 1 is 1.12 bits per heavy atom. The van der Waals surface area contributed by atoms with Crippen LogP contribution in [0.25, 0.3) is 0 Å². The number of hydrogen-bond donors (Lipinski definition) is 2. The summed E-state index contributed by atoms with van der Waals surface area (Å²) in [4.78, 5) is 23.7. The monoisotopic (exact) mass is 330 g/mol. The van der Waals surface area contributed by atoms with Crippen LogP contribution in [0, 0.1) is 5.82 Å². The molecule has 6 heteroatoms. The molecule has 0 spiro atoms. The molecule has 0 heterocycles. The molecule has 0 aliphatic heterocycles. The molecule has 0 unspecified atom stereocenters. The molecule has 2 aromatic carbocycles. The highest BCUT2D eigenvalue weighted by Crippen LogP contribution is 2.22. The minimum atomic E-state index is -0.560. The highest BCUT2D eigenvalue weighted by molar-refractivity contribution is 5.99. The number of rotatable bonds is 6. The van der Waals surface area contributed by atoms with Gasteiger partial charge in [-0.25, -0.2) is 4.39 Å². The third-order valence-electron chi connectivity index (χ3n) is 3.02.